The van der Waals surface area contributed by atoms with Gasteiger partial charge in [-0.05, 0) is 0 Å². The van der Waals surface area contributed by atoms with Gasteiger partial charge in [-0.15, -0.1) is 0 Å². The van der Waals surface area contributed by atoms with Crippen molar-refractivity contribution >= 4 is 36.9 Å². The molecule has 0 spiro atoms. The van der Waals surface area contributed by atoms with E-state index in [4.69, 9.17) is 30.6 Å². The Morgan fingerprint density at radius 3 is 0.931 bits per heavy atom. The number of rotatable bonds is 10. The molecule has 18 heteroatoms. The summed E-state index contributed by atoms with van der Waals surface area (Å²) in [5, 5.41) is 51.8. The van der Waals surface area contributed by atoms with Crippen LogP contribution in [0.15, 0.2) is 0 Å². The van der Waals surface area contributed by atoms with Crippen molar-refractivity contribution < 1.29 is 87.8 Å². The van der Waals surface area contributed by atoms with Gasteiger partial charge < -0.3 is 59.1 Å². The van der Waals surface area contributed by atoms with E-state index in [9.17, 15) is 28.8 Å². The molecule has 0 aromatic heterocycles. The highest BCUT2D eigenvalue weighted by molar-refractivity contribution is 5.61. The van der Waals surface area contributed by atoms with Crippen LogP contribution in [0.25, 0.3) is 0 Å². The van der Waals surface area contributed by atoms with E-state index in [2.05, 4.69) is 28.4 Å². The summed E-state index contributed by atoms with van der Waals surface area (Å²) in [5.74, 6) is -3.22. The maximum absolute atomic E-state index is 10.9. The molecular weight excluding hydrogens is 420 g/mol. The Kier molecular flexibility index (Phi) is 9.08. The summed E-state index contributed by atoms with van der Waals surface area (Å²) in [6, 6.07) is 0. The first kappa shape index (κ1) is 24.6. The molecule has 29 heavy (non-hydrogen) atoms. The van der Waals surface area contributed by atoms with Gasteiger partial charge in [-0.25, -0.2) is 28.8 Å². The highest BCUT2D eigenvalue weighted by atomic mass is 16.8. The number of ether oxygens (including phenoxy) is 6. The van der Waals surface area contributed by atoms with Crippen LogP contribution >= 0.6 is 0 Å². The first-order valence-electron chi connectivity index (χ1n) is 6.67. The zero-order chi connectivity index (χ0) is 22.8. The fourth-order valence-electron chi connectivity index (χ4n) is 1.76. The van der Waals surface area contributed by atoms with Gasteiger partial charge in [0.15, 0.2) is 0 Å². The standard InChI is InChI=1S/C11H12O18/c12-5(13)24-3(25-6(14)15)1-11(28-9(20)21,29-10(22)23)2-4(26-7(16)17)27-8(18)19/h3-4H,1-2H2,(H,12,13)(H,14,15)(H,16,17)(H,18,19)(H,20,21)(H,22,23). The second-order valence-electron chi connectivity index (χ2n) is 4.45. The Hall–Kier alpha value is -4.38. The highest BCUT2D eigenvalue weighted by Gasteiger charge is 2.48. The molecule has 0 aromatic rings. The first-order chi connectivity index (χ1) is 13.2. The van der Waals surface area contributed by atoms with Crippen LogP contribution in [0.5, 0.6) is 0 Å². The average molecular weight is 432 g/mol. The predicted octanol–water partition coefficient (Wildman–Crippen LogP) is 1.28. The lowest BCUT2D eigenvalue weighted by Gasteiger charge is -2.33. The lowest BCUT2D eigenvalue weighted by molar-refractivity contribution is -0.248. The summed E-state index contributed by atoms with van der Waals surface area (Å²) < 4.78 is 24.2. The minimum absolute atomic E-state index is 1.49. The number of hydrogen-bond acceptors (Lipinski definition) is 12. The van der Waals surface area contributed by atoms with Crippen molar-refractivity contribution in [2.45, 2.75) is 31.2 Å². The summed E-state index contributed by atoms with van der Waals surface area (Å²) in [4.78, 5) is 64.3. The molecule has 0 rings (SSSR count). The first-order valence-corrected chi connectivity index (χ1v) is 6.67. The Labute approximate surface area is 157 Å². The lowest BCUT2D eigenvalue weighted by Crippen LogP contribution is -2.48. The number of carbonyl (C=O) groups is 6. The Morgan fingerprint density at radius 1 is 0.517 bits per heavy atom. The molecule has 0 aromatic carbocycles. The summed E-state index contributed by atoms with van der Waals surface area (Å²) in [6.07, 6.45) is -21.3. The molecule has 18 nitrogen and oxygen atoms in total. The Morgan fingerprint density at radius 2 is 0.759 bits per heavy atom. The van der Waals surface area contributed by atoms with E-state index < -0.39 is 68.1 Å². The third kappa shape index (κ3) is 11.0. The zero-order valence-corrected chi connectivity index (χ0v) is 13.7. The van der Waals surface area contributed by atoms with Crippen LogP contribution in [0.3, 0.4) is 0 Å². The van der Waals surface area contributed by atoms with E-state index in [0.29, 0.717) is 0 Å². The lowest BCUT2D eigenvalue weighted by atomic mass is 10.1. The molecule has 0 aliphatic rings. The van der Waals surface area contributed by atoms with Gasteiger partial charge in [-0.2, -0.15) is 0 Å². The number of carboxylic acid groups (broad SMARTS) is 6. The summed E-state index contributed by atoms with van der Waals surface area (Å²) in [6.45, 7) is 0. The van der Waals surface area contributed by atoms with Crippen molar-refractivity contribution in [2.24, 2.45) is 0 Å². The van der Waals surface area contributed by atoms with Crippen LogP contribution in [0, 0.1) is 0 Å². The molecule has 0 atom stereocenters. The van der Waals surface area contributed by atoms with Gasteiger partial charge >= 0.3 is 36.9 Å². The maximum atomic E-state index is 10.9. The van der Waals surface area contributed by atoms with Crippen molar-refractivity contribution in [3.05, 3.63) is 0 Å². The van der Waals surface area contributed by atoms with Crippen LogP contribution < -0.4 is 0 Å². The van der Waals surface area contributed by atoms with E-state index in [1.165, 1.54) is 0 Å². The van der Waals surface area contributed by atoms with Crippen LogP contribution in [0.1, 0.15) is 12.8 Å². The van der Waals surface area contributed by atoms with Gasteiger partial charge in [-0.3, -0.25) is 0 Å². The predicted molar refractivity (Wildman–Crippen MR) is 74.2 cm³/mol. The van der Waals surface area contributed by atoms with Gasteiger partial charge in [-0.1, -0.05) is 0 Å². The fraction of sp³-hybridized carbons (Fsp3) is 0.455. The van der Waals surface area contributed by atoms with Crippen LogP contribution in [0.4, 0.5) is 28.8 Å². The molecule has 0 aliphatic carbocycles. The summed E-state index contributed by atoms with van der Waals surface area (Å²) in [5.41, 5.74) is 0. The molecule has 0 saturated heterocycles. The molecule has 6 N–H and O–H groups in total. The van der Waals surface area contributed by atoms with Gasteiger partial charge in [0.1, 0.15) is 12.8 Å². The van der Waals surface area contributed by atoms with Crippen molar-refractivity contribution in [1.82, 2.24) is 0 Å². The average Bonchev–Trinajstić information content (AvgIpc) is 2.41. The van der Waals surface area contributed by atoms with Crippen LogP contribution in [0.2, 0.25) is 0 Å². The topological polar surface area (TPSA) is 279 Å². The normalized spacial score (nSPS) is 10.6. The summed E-state index contributed by atoms with van der Waals surface area (Å²) >= 11 is 0. The third-order valence-electron chi connectivity index (χ3n) is 2.43. The van der Waals surface area contributed by atoms with Crippen molar-refractivity contribution in [1.29, 1.82) is 0 Å². The van der Waals surface area contributed by atoms with E-state index in [-0.39, 0.29) is 0 Å². The monoisotopic (exact) mass is 432 g/mol. The highest BCUT2D eigenvalue weighted by Crippen LogP contribution is 2.30. The third-order valence-corrected chi connectivity index (χ3v) is 2.43. The quantitative estimate of drug-likeness (QED) is 0.161. The SMILES string of the molecule is O=C(O)OC(CC(CC(OC(=O)O)OC(=O)O)(OC(=O)O)OC(=O)O)OC(=O)O. The Bertz CT molecular complexity index is 564. The van der Waals surface area contributed by atoms with Gasteiger partial charge in [0.25, 0.3) is 18.4 Å². The second kappa shape index (κ2) is 10.7. The molecule has 164 valence electrons. The number of hydrogen-bond donors (Lipinski definition) is 6. The smallest absolute Gasteiger partial charge is 0.450 e. The van der Waals surface area contributed by atoms with E-state index in [1.54, 1.807) is 0 Å². The van der Waals surface area contributed by atoms with Crippen molar-refractivity contribution in [3.63, 3.8) is 0 Å². The van der Waals surface area contributed by atoms with Gasteiger partial charge in [0.05, 0.1) is 0 Å². The molecule has 0 amide bonds. The molecular formula is C11H12O18. The zero-order valence-electron chi connectivity index (χ0n) is 13.7. The molecule has 0 saturated carbocycles. The maximum Gasteiger partial charge on any atom is 0.509 e. The minimum atomic E-state index is -3.22. The molecule has 0 bridgehead atoms. The van der Waals surface area contributed by atoms with E-state index in [0.717, 1.165) is 0 Å². The van der Waals surface area contributed by atoms with Crippen LogP contribution in [-0.2, 0) is 28.4 Å². The molecule has 0 unspecified atom stereocenters. The Balaban J connectivity index is 6.07. The molecule has 0 fully saturated rings. The largest absolute Gasteiger partial charge is 0.509 e. The fourth-order valence-corrected chi connectivity index (χ4v) is 1.76. The molecule has 0 heterocycles. The van der Waals surface area contributed by atoms with E-state index >= 15 is 0 Å². The molecule has 0 radical (unpaired) electrons. The second-order valence-corrected chi connectivity index (χ2v) is 4.45. The molecule has 0 aliphatic heterocycles. The van der Waals surface area contributed by atoms with E-state index in [1.807, 2.05) is 0 Å². The van der Waals surface area contributed by atoms with Crippen molar-refractivity contribution in [2.75, 3.05) is 0 Å². The van der Waals surface area contributed by atoms with Crippen molar-refractivity contribution in [3.8, 4) is 0 Å². The van der Waals surface area contributed by atoms with Gasteiger partial charge in [0.2, 0.25) is 0 Å². The van der Waals surface area contributed by atoms with Gasteiger partial charge in [0, 0.05) is 0 Å². The van der Waals surface area contributed by atoms with Crippen LogP contribution in [-0.4, -0.2) is 85.9 Å². The minimum Gasteiger partial charge on any atom is -0.450 e. The summed E-state index contributed by atoms with van der Waals surface area (Å²) in [7, 11) is 0.